The summed E-state index contributed by atoms with van der Waals surface area (Å²) in [6, 6.07) is 12.5. The zero-order valence-corrected chi connectivity index (χ0v) is 16.3. The second-order valence-electron chi connectivity index (χ2n) is 7.27. The lowest BCUT2D eigenvalue weighted by molar-refractivity contribution is 0.320. The number of nitrogens with zero attached hydrogens (tertiary/aromatic N) is 4. The van der Waals surface area contributed by atoms with Gasteiger partial charge in [-0.25, -0.2) is 9.97 Å². The Kier molecular flexibility index (Phi) is 5.39. The molecule has 0 N–H and O–H groups in total. The van der Waals surface area contributed by atoms with Gasteiger partial charge in [-0.2, -0.15) is 0 Å². The summed E-state index contributed by atoms with van der Waals surface area (Å²) in [6.07, 6.45) is 4.11. The number of ether oxygens (including phenoxy) is 1. The largest absolute Gasteiger partial charge is 0.494 e. The fraction of sp³-hybridized carbons (Fsp3) is 0.455. The fourth-order valence-corrected chi connectivity index (χ4v) is 4.08. The minimum atomic E-state index is 0.473. The number of hydrogen-bond acceptors (Lipinski definition) is 4. The Morgan fingerprint density at radius 2 is 2.11 bits per heavy atom. The first-order valence-corrected chi connectivity index (χ1v) is 10.0. The van der Waals surface area contributed by atoms with E-state index in [1.165, 1.54) is 11.4 Å². The van der Waals surface area contributed by atoms with Gasteiger partial charge in [0.2, 0.25) is 0 Å². The van der Waals surface area contributed by atoms with Crippen molar-refractivity contribution < 1.29 is 4.74 Å². The zero-order valence-electron chi connectivity index (χ0n) is 16.3. The van der Waals surface area contributed by atoms with Crippen molar-refractivity contribution in [2.45, 2.75) is 45.7 Å². The monoisotopic (exact) mass is 364 g/mol. The zero-order chi connectivity index (χ0) is 18.6. The number of likely N-dealkylation sites (tertiary alicyclic amines) is 1. The number of imidazole rings is 1. The van der Waals surface area contributed by atoms with Gasteiger partial charge in [-0.1, -0.05) is 19.1 Å². The van der Waals surface area contributed by atoms with Crippen LogP contribution in [-0.2, 0) is 13.1 Å². The molecule has 1 unspecified atom stereocenters. The Balaban J connectivity index is 1.50. The molecule has 1 aliphatic heterocycles. The lowest BCUT2D eigenvalue weighted by Gasteiger charge is -2.17. The molecule has 0 spiro atoms. The maximum atomic E-state index is 5.64. The smallest absolute Gasteiger partial charge is 0.159 e. The van der Waals surface area contributed by atoms with E-state index in [4.69, 9.17) is 9.72 Å². The minimum Gasteiger partial charge on any atom is -0.494 e. The third-order valence-corrected chi connectivity index (χ3v) is 5.23. The van der Waals surface area contributed by atoms with Crippen LogP contribution in [0.4, 0.5) is 0 Å². The summed E-state index contributed by atoms with van der Waals surface area (Å²) in [5.41, 5.74) is 3.35. The van der Waals surface area contributed by atoms with Crippen molar-refractivity contribution in [1.82, 2.24) is 19.4 Å². The van der Waals surface area contributed by atoms with Gasteiger partial charge in [-0.3, -0.25) is 4.90 Å². The number of rotatable bonds is 7. The van der Waals surface area contributed by atoms with E-state index in [-0.39, 0.29) is 0 Å². The van der Waals surface area contributed by atoms with Crippen molar-refractivity contribution in [2.75, 3.05) is 19.7 Å². The summed E-state index contributed by atoms with van der Waals surface area (Å²) in [6.45, 7) is 9.04. The summed E-state index contributed by atoms with van der Waals surface area (Å²) in [4.78, 5) is 12.1. The van der Waals surface area contributed by atoms with Crippen LogP contribution in [0.2, 0.25) is 0 Å². The lowest BCUT2D eigenvalue weighted by atomic mass is 10.1. The van der Waals surface area contributed by atoms with Gasteiger partial charge in [0.15, 0.2) is 5.65 Å². The Hall–Kier alpha value is -2.40. The molecule has 2 aromatic heterocycles. The van der Waals surface area contributed by atoms with Crippen LogP contribution in [0.25, 0.3) is 11.2 Å². The number of aromatic nitrogens is 3. The number of hydrogen-bond donors (Lipinski definition) is 0. The highest BCUT2D eigenvalue weighted by molar-refractivity contribution is 5.71. The minimum absolute atomic E-state index is 0.473. The number of benzene rings is 1. The van der Waals surface area contributed by atoms with Crippen molar-refractivity contribution in [1.29, 1.82) is 0 Å². The highest BCUT2D eigenvalue weighted by Gasteiger charge is 2.28. The Morgan fingerprint density at radius 3 is 2.96 bits per heavy atom. The fourth-order valence-electron chi connectivity index (χ4n) is 4.08. The molecule has 0 aliphatic carbocycles. The van der Waals surface area contributed by atoms with Crippen molar-refractivity contribution in [3.63, 3.8) is 0 Å². The van der Waals surface area contributed by atoms with Gasteiger partial charge >= 0.3 is 0 Å². The molecule has 1 aromatic carbocycles. The first-order chi connectivity index (χ1) is 13.3. The van der Waals surface area contributed by atoms with E-state index in [1.54, 1.807) is 0 Å². The van der Waals surface area contributed by atoms with Crippen molar-refractivity contribution >= 4 is 11.2 Å². The number of aryl methyl sites for hydroxylation is 1. The van der Waals surface area contributed by atoms with Crippen molar-refractivity contribution in [3.8, 4) is 5.75 Å². The second kappa shape index (κ2) is 8.09. The average molecular weight is 364 g/mol. The van der Waals surface area contributed by atoms with Gasteiger partial charge in [-0.15, -0.1) is 0 Å². The molecule has 1 atom stereocenters. The highest BCUT2D eigenvalue weighted by Crippen LogP contribution is 2.30. The highest BCUT2D eigenvalue weighted by atomic mass is 16.5. The van der Waals surface area contributed by atoms with Crippen molar-refractivity contribution in [3.05, 3.63) is 54.0 Å². The summed E-state index contributed by atoms with van der Waals surface area (Å²) < 4.78 is 7.97. The average Bonchev–Trinajstić information content (AvgIpc) is 3.28. The molecule has 3 heterocycles. The van der Waals surface area contributed by atoms with Crippen LogP contribution in [0.15, 0.2) is 42.6 Å². The molecule has 1 saturated heterocycles. The van der Waals surface area contributed by atoms with E-state index in [1.807, 2.05) is 25.3 Å². The summed E-state index contributed by atoms with van der Waals surface area (Å²) in [7, 11) is 0. The van der Waals surface area contributed by atoms with Gasteiger partial charge in [0.05, 0.1) is 6.61 Å². The predicted octanol–water partition coefficient (Wildman–Crippen LogP) is 4.23. The molecule has 5 heteroatoms. The van der Waals surface area contributed by atoms with Crippen LogP contribution in [0.3, 0.4) is 0 Å². The molecule has 0 bridgehead atoms. The van der Waals surface area contributed by atoms with Crippen molar-refractivity contribution in [2.24, 2.45) is 0 Å². The quantitative estimate of drug-likeness (QED) is 0.629. The van der Waals surface area contributed by atoms with E-state index >= 15 is 0 Å². The first kappa shape index (κ1) is 18.0. The standard InChI is InChI=1S/C22H28N4O/c1-3-12-26-21(24-20-9-6-11-23-22(20)26)18-10-13-25(16-18)15-17-7-5-8-19(14-17)27-4-2/h5-9,11,14,18H,3-4,10,12-13,15-16H2,1-2H3. The maximum absolute atomic E-state index is 5.64. The van der Waals surface area contributed by atoms with Gasteiger partial charge in [0, 0.05) is 31.7 Å². The molecule has 0 saturated carbocycles. The second-order valence-corrected chi connectivity index (χ2v) is 7.27. The van der Waals surface area contributed by atoms with E-state index in [2.05, 4.69) is 45.6 Å². The number of fused-ring (bicyclic) bond motifs is 1. The van der Waals surface area contributed by atoms with E-state index in [0.717, 1.165) is 55.9 Å². The van der Waals surface area contributed by atoms with Crippen LogP contribution in [-0.4, -0.2) is 39.1 Å². The SMILES string of the molecule is CCCn1c(C2CCN(Cc3cccc(OCC)c3)C2)nc2cccnc21. The summed E-state index contributed by atoms with van der Waals surface area (Å²) in [5.74, 6) is 2.64. The molecule has 3 aromatic rings. The molecule has 4 rings (SSSR count). The van der Waals surface area contributed by atoms with Gasteiger partial charge in [0.25, 0.3) is 0 Å². The maximum Gasteiger partial charge on any atom is 0.159 e. The normalized spacial score (nSPS) is 17.6. The molecular formula is C22H28N4O. The van der Waals surface area contributed by atoms with Crippen LogP contribution < -0.4 is 4.74 Å². The van der Waals surface area contributed by atoms with E-state index < -0.39 is 0 Å². The van der Waals surface area contributed by atoms with Gasteiger partial charge in [-0.05, 0) is 56.1 Å². The Morgan fingerprint density at radius 1 is 1.19 bits per heavy atom. The van der Waals surface area contributed by atoms with Crippen LogP contribution in [0, 0.1) is 0 Å². The first-order valence-electron chi connectivity index (χ1n) is 10.0. The third kappa shape index (κ3) is 3.83. The summed E-state index contributed by atoms with van der Waals surface area (Å²) >= 11 is 0. The molecule has 1 fully saturated rings. The summed E-state index contributed by atoms with van der Waals surface area (Å²) in [5, 5.41) is 0. The Labute approximate surface area is 161 Å². The van der Waals surface area contributed by atoms with Crippen LogP contribution in [0.1, 0.15) is 44.0 Å². The predicted molar refractivity (Wildman–Crippen MR) is 108 cm³/mol. The van der Waals surface area contributed by atoms with Crippen LogP contribution in [0.5, 0.6) is 5.75 Å². The molecule has 1 aliphatic rings. The molecule has 27 heavy (non-hydrogen) atoms. The third-order valence-electron chi connectivity index (χ3n) is 5.23. The topological polar surface area (TPSA) is 43.2 Å². The van der Waals surface area contributed by atoms with Gasteiger partial charge < -0.3 is 9.30 Å². The van der Waals surface area contributed by atoms with Gasteiger partial charge in [0.1, 0.15) is 17.1 Å². The molecular weight excluding hydrogens is 336 g/mol. The lowest BCUT2D eigenvalue weighted by Crippen LogP contribution is -2.20. The van der Waals surface area contributed by atoms with E-state index in [9.17, 15) is 0 Å². The Bertz CT molecular complexity index is 904. The molecule has 0 radical (unpaired) electrons. The molecule has 5 nitrogen and oxygen atoms in total. The molecule has 142 valence electrons. The van der Waals surface area contributed by atoms with E-state index in [0.29, 0.717) is 12.5 Å². The number of pyridine rings is 1. The van der Waals surface area contributed by atoms with Crippen LogP contribution >= 0.6 is 0 Å². The molecule has 0 amide bonds.